The number of rotatable bonds is 8. The zero-order chi connectivity index (χ0) is 21.6. The molecule has 4 rings (SSSR count). The first kappa shape index (κ1) is 20.9. The third-order valence-corrected chi connectivity index (χ3v) is 5.69. The SMILES string of the molecule is COc1ccc(N2CC(C(=O)NCCNc3cc(N4CCCC4)ncn3)CC2=O)cc1. The molecule has 0 bridgehead atoms. The molecule has 164 valence electrons. The molecule has 3 heterocycles. The van der Waals surface area contributed by atoms with Gasteiger partial charge in [0.25, 0.3) is 0 Å². The first-order chi connectivity index (χ1) is 15.1. The summed E-state index contributed by atoms with van der Waals surface area (Å²) in [4.78, 5) is 37.4. The van der Waals surface area contributed by atoms with Gasteiger partial charge in [0.1, 0.15) is 23.7 Å². The molecule has 9 nitrogen and oxygen atoms in total. The highest BCUT2D eigenvalue weighted by atomic mass is 16.5. The predicted octanol–water partition coefficient (Wildman–Crippen LogP) is 1.67. The summed E-state index contributed by atoms with van der Waals surface area (Å²) in [5.41, 5.74) is 0.778. The van der Waals surface area contributed by atoms with E-state index in [4.69, 9.17) is 4.74 Å². The lowest BCUT2D eigenvalue weighted by Gasteiger charge is -2.17. The summed E-state index contributed by atoms with van der Waals surface area (Å²) in [6.07, 6.45) is 4.17. The van der Waals surface area contributed by atoms with E-state index in [0.29, 0.717) is 19.6 Å². The van der Waals surface area contributed by atoms with Crippen LogP contribution in [0.15, 0.2) is 36.7 Å². The van der Waals surface area contributed by atoms with Crippen LogP contribution >= 0.6 is 0 Å². The molecule has 2 amide bonds. The molecule has 0 saturated carbocycles. The van der Waals surface area contributed by atoms with Crippen molar-refractivity contribution in [1.82, 2.24) is 15.3 Å². The lowest BCUT2D eigenvalue weighted by atomic mass is 10.1. The Morgan fingerprint density at radius 2 is 1.94 bits per heavy atom. The summed E-state index contributed by atoms with van der Waals surface area (Å²) < 4.78 is 5.15. The van der Waals surface area contributed by atoms with Crippen LogP contribution < -0.4 is 25.2 Å². The molecule has 2 N–H and O–H groups in total. The fourth-order valence-corrected chi connectivity index (χ4v) is 3.98. The highest BCUT2D eigenvalue weighted by molar-refractivity contribution is 6.00. The van der Waals surface area contributed by atoms with Gasteiger partial charge in [-0.25, -0.2) is 9.97 Å². The number of nitrogens with one attached hydrogen (secondary N) is 2. The van der Waals surface area contributed by atoms with Crippen LogP contribution in [0.5, 0.6) is 5.75 Å². The summed E-state index contributed by atoms with van der Waals surface area (Å²) in [7, 11) is 1.60. The van der Waals surface area contributed by atoms with Crippen LogP contribution in [0.1, 0.15) is 19.3 Å². The molecular formula is C22H28N6O3. The van der Waals surface area contributed by atoms with Crippen LogP contribution in [-0.2, 0) is 9.59 Å². The fraction of sp³-hybridized carbons (Fsp3) is 0.455. The van der Waals surface area contributed by atoms with Gasteiger partial charge in [0.2, 0.25) is 11.8 Å². The quantitative estimate of drug-likeness (QED) is 0.622. The lowest BCUT2D eigenvalue weighted by molar-refractivity contribution is -0.126. The van der Waals surface area contributed by atoms with E-state index in [0.717, 1.165) is 36.2 Å². The van der Waals surface area contributed by atoms with Crippen molar-refractivity contribution in [3.8, 4) is 5.75 Å². The Labute approximate surface area is 181 Å². The van der Waals surface area contributed by atoms with Crippen LogP contribution in [0.3, 0.4) is 0 Å². The second kappa shape index (κ2) is 9.63. The first-order valence-corrected chi connectivity index (χ1v) is 10.7. The van der Waals surface area contributed by atoms with E-state index >= 15 is 0 Å². The second-order valence-corrected chi connectivity index (χ2v) is 7.78. The van der Waals surface area contributed by atoms with Crippen molar-refractivity contribution in [3.05, 3.63) is 36.7 Å². The Morgan fingerprint density at radius 3 is 2.68 bits per heavy atom. The molecule has 0 spiro atoms. The average Bonchev–Trinajstić information content (AvgIpc) is 3.47. The Hall–Kier alpha value is -3.36. The summed E-state index contributed by atoms with van der Waals surface area (Å²) in [5.74, 6) is 1.91. The van der Waals surface area contributed by atoms with Gasteiger partial charge in [-0.2, -0.15) is 0 Å². The van der Waals surface area contributed by atoms with Crippen LogP contribution in [-0.4, -0.2) is 61.6 Å². The monoisotopic (exact) mass is 424 g/mol. The highest BCUT2D eigenvalue weighted by Crippen LogP contribution is 2.27. The number of carbonyl (C=O) groups excluding carboxylic acids is 2. The van der Waals surface area contributed by atoms with Crippen molar-refractivity contribution < 1.29 is 14.3 Å². The summed E-state index contributed by atoms with van der Waals surface area (Å²) in [6, 6.07) is 9.22. The van der Waals surface area contributed by atoms with Crippen LogP contribution in [0.4, 0.5) is 17.3 Å². The maximum absolute atomic E-state index is 12.5. The topological polar surface area (TPSA) is 99.7 Å². The van der Waals surface area contributed by atoms with Crippen LogP contribution in [0.2, 0.25) is 0 Å². The van der Waals surface area contributed by atoms with Crippen molar-refractivity contribution in [2.75, 3.05) is 55.0 Å². The third-order valence-electron chi connectivity index (χ3n) is 5.69. The van der Waals surface area contributed by atoms with Crippen LogP contribution in [0, 0.1) is 5.92 Å². The summed E-state index contributed by atoms with van der Waals surface area (Å²) >= 11 is 0. The Bertz CT molecular complexity index is 914. The van der Waals surface area contributed by atoms with E-state index in [1.54, 1.807) is 18.3 Å². The van der Waals surface area contributed by atoms with Gasteiger partial charge in [0.15, 0.2) is 0 Å². The molecule has 2 fully saturated rings. The Morgan fingerprint density at radius 1 is 1.16 bits per heavy atom. The number of carbonyl (C=O) groups is 2. The molecule has 1 aromatic carbocycles. The van der Waals surface area contributed by atoms with E-state index < -0.39 is 0 Å². The minimum absolute atomic E-state index is 0.0427. The maximum Gasteiger partial charge on any atom is 0.227 e. The van der Waals surface area contributed by atoms with Gasteiger partial charge in [-0.3, -0.25) is 9.59 Å². The number of aromatic nitrogens is 2. The maximum atomic E-state index is 12.5. The van der Waals surface area contributed by atoms with E-state index in [-0.39, 0.29) is 24.2 Å². The number of nitrogens with zero attached hydrogens (tertiary/aromatic N) is 4. The van der Waals surface area contributed by atoms with Gasteiger partial charge >= 0.3 is 0 Å². The largest absolute Gasteiger partial charge is 0.497 e. The molecule has 2 aromatic rings. The summed E-state index contributed by atoms with van der Waals surface area (Å²) in [6.45, 7) is 3.44. The van der Waals surface area contributed by atoms with Gasteiger partial charge in [0.05, 0.1) is 13.0 Å². The third kappa shape index (κ3) is 5.04. The molecule has 1 unspecified atom stereocenters. The number of ether oxygens (including phenoxy) is 1. The minimum atomic E-state index is -0.351. The second-order valence-electron chi connectivity index (χ2n) is 7.78. The standard InChI is InChI=1S/C22H28N6O3/c1-31-18-6-4-17(5-7-18)28-14-16(12-21(28)29)22(30)24-9-8-23-19-13-20(26-15-25-19)27-10-2-3-11-27/h4-7,13,15-16H,2-3,8-12,14H2,1H3,(H,24,30)(H,23,25,26). The fourth-order valence-electron chi connectivity index (χ4n) is 3.98. The number of hydrogen-bond donors (Lipinski definition) is 2. The molecule has 2 aliphatic heterocycles. The molecule has 0 radical (unpaired) electrons. The van der Waals surface area contributed by atoms with Gasteiger partial charge in [-0.1, -0.05) is 0 Å². The van der Waals surface area contributed by atoms with Gasteiger partial charge < -0.3 is 25.2 Å². The van der Waals surface area contributed by atoms with Crippen molar-refractivity contribution in [2.45, 2.75) is 19.3 Å². The van der Waals surface area contributed by atoms with Crippen molar-refractivity contribution in [2.24, 2.45) is 5.92 Å². The number of methoxy groups -OCH3 is 1. The molecular weight excluding hydrogens is 396 g/mol. The van der Waals surface area contributed by atoms with Gasteiger partial charge in [-0.15, -0.1) is 0 Å². The zero-order valence-corrected chi connectivity index (χ0v) is 17.7. The molecule has 1 aromatic heterocycles. The molecule has 31 heavy (non-hydrogen) atoms. The van der Waals surface area contributed by atoms with Gasteiger partial charge in [0, 0.05) is 50.9 Å². The number of anilines is 3. The van der Waals surface area contributed by atoms with E-state index in [2.05, 4.69) is 25.5 Å². The number of benzene rings is 1. The van der Waals surface area contributed by atoms with E-state index in [1.165, 1.54) is 12.8 Å². The van der Waals surface area contributed by atoms with E-state index in [1.807, 2.05) is 30.3 Å². The number of hydrogen-bond acceptors (Lipinski definition) is 7. The zero-order valence-electron chi connectivity index (χ0n) is 17.7. The molecule has 9 heteroatoms. The predicted molar refractivity (Wildman–Crippen MR) is 118 cm³/mol. The average molecular weight is 425 g/mol. The first-order valence-electron chi connectivity index (χ1n) is 10.7. The summed E-state index contributed by atoms with van der Waals surface area (Å²) in [5, 5.41) is 6.15. The molecule has 1 atom stereocenters. The Kier molecular flexibility index (Phi) is 6.49. The Balaban J connectivity index is 1.23. The number of amides is 2. The minimum Gasteiger partial charge on any atom is -0.497 e. The highest BCUT2D eigenvalue weighted by Gasteiger charge is 2.34. The normalized spacial score (nSPS) is 18.4. The van der Waals surface area contributed by atoms with E-state index in [9.17, 15) is 9.59 Å². The molecule has 0 aliphatic carbocycles. The van der Waals surface area contributed by atoms with Crippen molar-refractivity contribution in [1.29, 1.82) is 0 Å². The smallest absolute Gasteiger partial charge is 0.227 e. The van der Waals surface area contributed by atoms with Crippen molar-refractivity contribution >= 4 is 29.1 Å². The van der Waals surface area contributed by atoms with Gasteiger partial charge in [-0.05, 0) is 37.1 Å². The molecule has 2 saturated heterocycles. The van der Waals surface area contributed by atoms with Crippen LogP contribution in [0.25, 0.3) is 0 Å². The van der Waals surface area contributed by atoms with Crippen molar-refractivity contribution in [3.63, 3.8) is 0 Å². The lowest BCUT2D eigenvalue weighted by Crippen LogP contribution is -2.35. The molecule has 2 aliphatic rings.